The number of benzene rings is 2. The van der Waals surface area contributed by atoms with E-state index in [9.17, 15) is 4.79 Å². The number of urea groups is 1. The maximum absolute atomic E-state index is 12.5. The molecule has 156 valence electrons. The minimum Gasteiger partial charge on any atom is -0.308 e. The molecule has 0 spiro atoms. The summed E-state index contributed by atoms with van der Waals surface area (Å²) in [6.45, 7) is 1.95. The first-order valence-corrected chi connectivity index (χ1v) is 10.0. The number of nitrogens with zero attached hydrogens (tertiary/aromatic N) is 5. The van der Waals surface area contributed by atoms with Gasteiger partial charge in [-0.3, -0.25) is 4.98 Å². The third-order valence-corrected chi connectivity index (χ3v) is 4.99. The molecule has 2 aromatic carbocycles. The molecule has 2 N–H and O–H groups in total. The van der Waals surface area contributed by atoms with E-state index in [-0.39, 0.29) is 6.03 Å². The van der Waals surface area contributed by atoms with Crippen LogP contribution in [0.25, 0.3) is 28.3 Å². The first kappa shape index (κ1) is 19.4. The van der Waals surface area contributed by atoms with Gasteiger partial charge in [0.05, 0.1) is 5.69 Å². The number of rotatable bonds is 4. The van der Waals surface area contributed by atoms with Crippen LogP contribution in [0.2, 0.25) is 0 Å². The molecule has 3 aromatic heterocycles. The van der Waals surface area contributed by atoms with E-state index in [0.717, 1.165) is 28.1 Å². The minimum absolute atomic E-state index is 0.308. The molecule has 8 heteroatoms. The number of aryl methyl sites for hydroxylation is 1. The van der Waals surface area contributed by atoms with Crippen LogP contribution in [0.5, 0.6) is 0 Å². The van der Waals surface area contributed by atoms with Crippen molar-refractivity contribution in [2.24, 2.45) is 0 Å². The average Bonchev–Trinajstić information content (AvgIpc) is 3.25. The van der Waals surface area contributed by atoms with E-state index in [4.69, 9.17) is 5.10 Å². The second-order valence-corrected chi connectivity index (χ2v) is 7.23. The molecule has 0 fully saturated rings. The Labute approximate surface area is 184 Å². The number of nitrogens with one attached hydrogen (secondary N) is 2. The molecule has 0 radical (unpaired) electrons. The van der Waals surface area contributed by atoms with Crippen molar-refractivity contribution in [3.05, 3.63) is 90.8 Å². The number of anilines is 2. The Balaban J connectivity index is 1.41. The largest absolute Gasteiger partial charge is 0.323 e. The number of fused-ring (bicyclic) bond motifs is 1. The molecule has 3 heterocycles. The highest BCUT2D eigenvalue weighted by Crippen LogP contribution is 2.23. The van der Waals surface area contributed by atoms with Crippen molar-refractivity contribution in [1.29, 1.82) is 0 Å². The van der Waals surface area contributed by atoms with Crippen molar-refractivity contribution in [3.63, 3.8) is 0 Å². The van der Waals surface area contributed by atoms with Crippen molar-refractivity contribution < 1.29 is 4.79 Å². The second kappa shape index (κ2) is 8.27. The van der Waals surface area contributed by atoms with Crippen LogP contribution in [0.3, 0.4) is 0 Å². The number of amides is 2. The molecule has 0 bridgehead atoms. The van der Waals surface area contributed by atoms with Crippen LogP contribution in [0.15, 0.2) is 85.2 Å². The maximum atomic E-state index is 12.5. The highest BCUT2D eigenvalue weighted by molar-refractivity contribution is 6.00. The summed E-state index contributed by atoms with van der Waals surface area (Å²) >= 11 is 0. The number of para-hydroxylation sites is 1. The van der Waals surface area contributed by atoms with Crippen LogP contribution in [0, 0.1) is 6.92 Å². The number of aromatic nitrogens is 5. The van der Waals surface area contributed by atoms with Crippen LogP contribution >= 0.6 is 0 Å². The summed E-state index contributed by atoms with van der Waals surface area (Å²) in [7, 11) is 0. The lowest BCUT2D eigenvalue weighted by Crippen LogP contribution is -2.19. The van der Waals surface area contributed by atoms with Crippen molar-refractivity contribution in [2.75, 3.05) is 10.6 Å². The molecule has 5 aromatic rings. The molecule has 0 saturated carbocycles. The van der Waals surface area contributed by atoms with E-state index in [1.165, 1.54) is 0 Å². The van der Waals surface area contributed by atoms with Gasteiger partial charge in [-0.25, -0.2) is 4.79 Å². The van der Waals surface area contributed by atoms with Gasteiger partial charge in [-0.05, 0) is 55.0 Å². The Hall–Kier alpha value is -4.59. The summed E-state index contributed by atoms with van der Waals surface area (Å²) in [6.07, 6.45) is 3.43. The summed E-state index contributed by atoms with van der Waals surface area (Å²) in [5.74, 6) is 0.613. The summed E-state index contributed by atoms with van der Waals surface area (Å²) in [4.78, 5) is 16.6. The Kier molecular flexibility index (Phi) is 5.01. The smallest absolute Gasteiger partial charge is 0.308 e. The van der Waals surface area contributed by atoms with E-state index in [0.29, 0.717) is 17.2 Å². The van der Waals surface area contributed by atoms with Crippen LogP contribution in [0.1, 0.15) is 5.56 Å². The lowest BCUT2D eigenvalue weighted by molar-refractivity contribution is 0.262. The first-order valence-electron chi connectivity index (χ1n) is 10.0. The standard InChI is InChI=1S/C24H19N7O/c1-16-6-2-3-10-20(16)27-24(32)26-19-9-4-7-17(14-19)21-11-12-22-28-29-23(31(22)30-21)18-8-5-13-25-15-18/h2-15H,1H3,(H2,26,27,32). The zero-order chi connectivity index (χ0) is 21.9. The normalized spacial score (nSPS) is 10.8. The van der Waals surface area contributed by atoms with E-state index in [2.05, 4.69) is 25.8 Å². The highest BCUT2D eigenvalue weighted by Gasteiger charge is 2.12. The van der Waals surface area contributed by atoms with Crippen molar-refractivity contribution >= 4 is 23.1 Å². The van der Waals surface area contributed by atoms with E-state index < -0.39 is 0 Å². The van der Waals surface area contributed by atoms with E-state index in [1.807, 2.05) is 79.7 Å². The SMILES string of the molecule is Cc1ccccc1NC(=O)Nc1cccc(-c2ccc3nnc(-c4cccnc4)n3n2)c1. The maximum Gasteiger partial charge on any atom is 0.323 e. The predicted molar refractivity (Wildman–Crippen MR) is 123 cm³/mol. The Morgan fingerprint density at radius 1 is 0.875 bits per heavy atom. The summed E-state index contributed by atoms with van der Waals surface area (Å²) in [6, 6.07) is 22.3. The molecular formula is C24H19N7O. The fraction of sp³-hybridized carbons (Fsp3) is 0.0417. The summed E-state index contributed by atoms with van der Waals surface area (Å²) in [5.41, 5.74) is 5.46. The Bertz CT molecular complexity index is 1410. The minimum atomic E-state index is -0.308. The topological polar surface area (TPSA) is 97.1 Å². The Morgan fingerprint density at radius 2 is 1.75 bits per heavy atom. The summed E-state index contributed by atoms with van der Waals surface area (Å²) in [5, 5.41) is 18.9. The number of pyridine rings is 1. The van der Waals surface area contributed by atoms with Gasteiger partial charge in [-0.2, -0.15) is 9.61 Å². The molecule has 0 aliphatic carbocycles. The average molecular weight is 421 g/mol. The Morgan fingerprint density at radius 3 is 2.59 bits per heavy atom. The van der Waals surface area contributed by atoms with Gasteiger partial charge in [0.1, 0.15) is 0 Å². The van der Waals surface area contributed by atoms with Gasteiger partial charge in [-0.15, -0.1) is 10.2 Å². The first-order chi connectivity index (χ1) is 15.7. The van der Waals surface area contributed by atoms with Crippen LogP contribution < -0.4 is 10.6 Å². The zero-order valence-electron chi connectivity index (χ0n) is 17.2. The van der Waals surface area contributed by atoms with Crippen molar-refractivity contribution in [2.45, 2.75) is 6.92 Å². The van der Waals surface area contributed by atoms with Crippen molar-refractivity contribution in [1.82, 2.24) is 24.8 Å². The van der Waals surface area contributed by atoms with Crippen LogP contribution in [0.4, 0.5) is 16.2 Å². The second-order valence-electron chi connectivity index (χ2n) is 7.23. The molecule has 0 unspecified atom stereocenters. The van der Waals surface area contributed by atoms with Crippen molar-refractivity contribution in [3.8, 4) is 22.6 Å². The van der Waals surface area contributed by atoms with Gasteiger partial charge in [0, 0.05) is 34.9 Å². The third kappa shape index (κ3) is 3.89. The molecular weight excluding hydrogens is 402 g/mol. The number of hydrogen-bond donors (Lipinski definition) is 2. The molecule has 0 saturated heterocycles. The quantitative estimate of drug-likeness (QED) is 0.434. The zero-order valence-corrected chi connectivity index (χ0v) is 17.2. The predicted octanol–water partition coefficient (Wildman–Crippen LogP) is 4.81. The fourth-order valence-corrected chi connectivity index (χ4v) is 3.37. The number of carbonyl (C=O) groups excluding carboxylic acids is 1. The molecule has 2 amide bonds. The monoisotopic (exact) mass is 421 g/mol. The van der Waals surface area contributed by atoms with Gasteiger partial charge in [-0.1, -0.05) is 30.3 Å². The fourth-order valence-electron chi connectivity index (χ4n) is 3.37. The lowest BCUT2D eigenvalue weighted by Gasteiger charge is -2.11. The lowest BCUT2D eigenvalue weighted by atomic mass is 10.1. The van der Waals surface area contributed by atoms with Gasteiger partial charge in [0.15, 0.2) is 11.5 Å². The number of hydrogen-bond acceptors (Lipinski definition) is 5. The number of carbonyl (C=O) groups is 1. The molecule has 0 aliphatic rings. The molecule has 8 nitrogen and oxygen atoms in total. The molecule has 0 atom stereocenters. The van der Waals surface area contributed by atoms with Gasteiger partial charge < -0.3 is 10.6 Å². The van der Waals surface area contributed by atoms with Gasteiger partial charge >= 0.3 is 6.03 Å². The van der Waals surface area contributed by atoms with E-state index in [1.54, 1.807) is 16.9 Å². The summed E-state index contributed by atoms with van der Waals surface area (Å²) < 4.78 is 1.69. The third-order valence-electron chi connectivity index (χ3n) is 4.99. The molecule has 32 heavy (non-hydrogen) atoms. The molecule has 5 rings (SSSR count). The molecule has 0 aliphatic heterocycles. The van der Waals surface area contributed by atoms with Gasteiger partial charge in [0.2, 0.25) is 0 Å². The van der Waals surface area contributed by atoms with Crippen LogP contribution in [-0.2, 0) is 0 Å². The highest BCUT2D eigenvalue weighted by atomic mass is 16.2. The van der Waals surface area contributed by atoms with E-state index >= 15 is 0 Å². The van der Waals surface area contributed by atoms with Gasteiger partial charge in [0.25, 0.3) is 0 Å². The van der Waals surface area contributed by atoms with Crippen LogP contribution in [-0.4, -0.2) is 30.8 Å².